The number of ether oxygens (including phenoxy) is 1. The Hall–Kier alpha value is -3.55. The molecule has 144 valence electrons. The standard InChI is InChI=1S/C20H17F2N3O3/c1-11-8-12(2)25-19(27)17(11)18(26)24-10-13-4-3-7-23-20(13)28-16-6-5-14(21)9-15(16)22/h3-9H,10H2,1-2H3,(H,24,26)(H,25,27). The number of H-pyrrole nitrogens is 1. The highest BCUT2D eigenvalue weighted by atomic mass is 19.1. The van der Waals surface area contributed by atoms with E-state index in [4.69, 9.17) is 4.74 Å². The molecule has 28 heavy (non-hydrogen) atoms. The van der Waals surface area contributed by atoms with Gasteiger partial charge in [-0.05, 0) is 43.7 Å². The Labute approximate surface area is 159 Å². The van der Waals surface area contributed by atoms with Gasteiger partial charge in [-0.25, -0.2) is 13.8 Å². The fraction of sp³-hybridized carbons (Fsp3) is 0.150. The summed E-state index contributed by atoms with van der Waals surface area (Å²) in [5, 5.41) is 2.63. The van der Waals surface area contributed by atoms with Crippen LogP contribution in [0.25, 0.3) is 0 Å². The van der Waals surface area contributed by atoms with Crippen molar-refractivity contribution in [2.24, 2.45) is 0 Å². The number of carbonyl (C=O) groups excluding carboxylic acids is 1. The smallest absolute Gasteiger partial charge is 0.261 e. The van der Waals surface area contributed by atoms with Gasteiger partial charge in [0.05, 0.1) is 0 Å². The molecular formula is C20H17F2N3O3. The van der Waals surface area contributed by atoms with E-state index in [1.807, 2.05) is 0 Å². The summed E-state index contributed by atoms with van der Waals surface area (Å²) in [6.45, 7) is 3.40. The number of hydrogen-bond donors (Lipinski definition) is 2. The molecule has 0 aliphatic rings. The van der Waals surface area contributed by atoms with Crippen LogP contribution in [0.2, 0.25) is 0 Å². The molecule has 0 atom stereocenters. The van der Waals surface area contributed by atoms with Gasteiger partial charge >= 0.3 is 0 Å². The van der Waals surface area contributed by atoms with Gasteiger partial charge in [-0.2, -0.15) is 0 Å². The average molecular weight is 385 g/mol. The summed E-state index contributed by atoms with van der Waals surface area (Å²) < 4.78 is 32.3. The Morgan fingerprint density at radius 1 is 1.21 bits per heavy atom. The van der Waals surface area contributed by atoms with Crippen molar-refractivity contribution in [1.82, 2.24) is 15.3 Å². The molecule has 8 heteroatoms. The van der Waals surface area contributed by atoms with Crippen molar-refractivity contribution in [3.05, 3.63) is 87.0 Å². The molecule has 3 aromatic rings. The van der Waals surface area contributed by atoms with Gasteiger partial charge in [-0.1, -0.05) is 6.07 Å². The van der Waals surface area contributed by atoms with Gasteiger partial charge in [-0.3, -0.25) is 9.59 Å². The van der Waals surface area contributed by atoms with Gasteiger partial charge < -0.3 is 15.0 Å². The monoisotopic (exact) mass is 385 g/mol. The van der Waals surface area contributed by atoms with Crippen LogP contribution in [0.3, 0.4) is 0 Å². The maximum atomic E-state index is 13.8. The minimum absolute atomic E-state index is 0.00240. The molecular weight excluding hydrogens is 368 g/mol. The van der Waals surface area contributed by atoms with Gasteiger partial charge in [0.25, 0.3) is 11.5 Å². The number of carbonyl (C=O) groups is 1. The van der Waals surface area contributed by atoms with Crippen LogP contribution < -0.4 is 15.6 Å². The zero-order chi connectivity index (χ0) is 20.3. The van der Waals surface area contributed by atoms with E-state index in [0.717, 1.165) is 12.1 Å². The lowest BCUT2D eigenvalue weighted by atomic mass is 10.1. The van der Waals surface area contributed by atoms with Crippen LogP contribution in [-0.4, -0.2) is 15.9 Å². The summed E-state index contributed by atoms with van der Waals surface area (Å²) in [6.07, 6.45) is 1.44. The summed E-state index contributed by atoms with van der Waals surface area (Å²) in [7, 11) is 0. The quantitative estimate of drug-likeness (QED) is 0.705. The van der Waals surface area contributed by atoms with Crippen LogP contribution in [-0.2, 0) is 6.54 Å². The van der Waals surface area contributed by atoms with Crippen molar-refractivity contribution in [2.45, 2.75) is 20.4 Å². The first-order valence-electron chi connectivity index (χ1n) is 8.40. The number of aromatic amines is 1. The average Bonchev–Trinajstić information content (AvgIpc) is 2.62. The topological polar surface area (TPSA) is 84.1 Å². The fourth-order valence-electron chi connectivity index (χ4n) is 2.71. The zero-order valence-corrected chi connectivity index (χ0v) is 15.2. The molecule has 0 unspecified atom stereocenters. The zero-order valence-electron chi connectivity index (χ0n) is 15.2. The van der Waals surface area contributed by atoms with Gasteiger partial charge in [0.2, 0.25) is 5.88 Å². The van der Waals surface area contributed by atoms with Crippen LogP contribution >= 0.6 is 0 Å². The lowest BCUT2D eigenvalue weighted by Gasteiger charge is -2.12. The van der Waals surface area contributed by atoms with Crippen LogP contribution in [0.4, 0.5) is 8.78 Å². The van der Waals surface area contributed by atoms with E-state index in [1.54, 1.807) is 32.0 Å². The number of pyridine rings is 2. The highest BCUT2D eigenvalue weighted by molar-refractivity contribution is 5.95. The number of halogens is 2. The van der Waals surface area contributed by atoms with Gasteiger partial charge in [-0.15, -0.1) is 0 Å². The first-order chi connectivity index (χ1) is 13.3. The number of aryl methyl sites for hydroxylation is 2. The minimum Gasteiger partial charge on any atom is -0.436 e. The van der Waals surface area contributed by atoms with E-state index >= 15 is 0 Å². The number of nitrogens with zero attached hydrogens (tertiary/aromatic N) is 1. The number of benzene rings is 1. The molecule has 3 rings (SSSR count). The third kappa shape index (κ3) is 4.22. The maximum Gasteiger partial charge on any atom is 0.261 e. The van der Waals surface area contributed by atoms with Gasteiger partial charge in [0.1, 0.15) is 11.4 Å². The number of rotatable bonds is 5. The van der Waals surface area contributed by atoms with Crippen LogP contribution in [0.15, 0.2) is 47.4 Å². The summed E-state index contributed by atoms with van der Waals surface area (Å²) in [6, 6.07) is 7.88. The molecule has 0 saturated heterocycles. The maximum absolute atomic E-state index is 13.8. The Morgan fingerprint density at radius 3 is 2.71 bits per heavy atom. The second-order valence-corrected chi connectivity index (χ2v) is 6.17. The number of hydrogen-bond acceptors (Lipinski definition) is 4. The largest absolute Gasteiger partial charge is 0.436 e. The second kappa shape index (κ2) is 7.99. The van der Waals surface area contributed by atoms with Crippen LogP contribution in [0.5, 0.6) is 11.6 Å². The third-order valence-corrected chi connectivity index (χ3v) is 3.98. The number of nitrogens with one attached hydrogen (secondary N) is 2. The molecule has 2 heterocycles. The number of aromatic nitrogens is 2. The summed E-state index contributed by atoms with van der Waals surface area (Å²) in [5.41, 5.74) is 1.20. The first-order valence-corrected chi connectivity index (χ1v) is 8.40. The van der Waals surface area contributed by atoms with E-state index in [9.17, 15) is 18.4 Å². The predicted octanol–water partition coefficient (Wildman–Crippen LogP) is 3.39. The molecule has 1 amide bonds. The van der Waals surface area contributed by atoms with Gasteiger partial charge in [0.15, 0.2) is 11.6 Å². The summed E-state index contributed by atoms with van der Waals surface area (Å²) in [5.74, 6) is -2.29. The summed E-state index contributed by atoms with van der Waals surface area (Å²) in [4.78, 5) is 31.1. The lowest BCUT2D eigenvalue weighted by Crippen LogP contribution is -2.30. The minimum atomic E-state index is -0.873. The highest BCUT2D eigenvalue weighted by Gasteiger charge is 2.16. The second-order valence-electron chi connectivity index (χ2n) is 6.17. The molecule has 0 bridgehead atoms. The summed E-state index contributed by atoms with van der Waals surface area (Å²) >= 11 is 0. The molecule has 6 nitrogen and oxygen atoms in total. The molecule has 0 spiro atoms. The molecule has 2 N–H and O–H groups in total. The molecule has 0 fully saturated rings. The Morgan fingerprint density at radius 2 is 2.00 bits per heavy atom. The van der Waals surface area contributed by atoms with E-state index in [0.29, 0.717) is 22.9 Å². The van der Waals surface area contributed by atoms with Crippen LogP contribution in [0, 0.1) is 25.5 Å². The van der Waals surface area contributed by atoms with Crippen LogP contribution in [0.1, 0.15) is 27.2 Å². The van der Waals surface area contributed by atoms with E-state index in [2.05, 4.69) is 15.3 Å². The van der Waals surface area contributed by atoms with Crippen molar-refractivity contribution in [1.29, 1.82) is 0 Å². The molecule has 0 aliphatic carbocycles. The Balaban J connectivity index is 1.79. The lowest BCUT2D eigenvalue weighted by molar-refractivity contribution is 0.0948. The fourth-order valence-corrected chi connectivity index (χ4v) is 2.71. The predicted molar refractivity (Wildman–Crippen MR) is 98.4 cm³/mol. The molecule has 1 aromatic carbocycles. The SMILES string of the molecule is Cc1cc(C)c(C(=O)NCc2cccnc2Oc2ccc(F)cc2F)c(=O)[nH]1. The van der Waals surface area contributed by atoms with Crippen molar-refractivity contribution >= 4 is 5.91 Å². The van der Waals surface area contributed by atoms with E-state index in [1.165, 1.54) is 6.20 Å². The van der Waals surface area contributed by atoms with E-state index in [-0.39, 0.29) is 23.7 Å². The Bertz CT molecular complexity index is 1100. The van der Waals surface area contributed by atoms with Crippen molar-refractivity contribution in [3.8, 4) is 11.6 Å². The van der Waals surface area contributed by atoms with Crippen molar-refractivity contribution < 1.29 is 18.3 Å². The Kier molecular flexibility index (Phi) is 5.49. The first kappa shape index (κ1) is 19.2. The van der Waals surface area contributed by atoms with Crippen molar-refractivity contribution in [2.75, 3.05) is 0 Å². The third-order valence-electron chi connectivity index (χ3n) is 3.98. The van der Waals surface area contributed by atoms with Crippen molar-refractivity contribution in [3.63, 3.8) is 0 Å². The van der Waals surface area contributed by atoms with E-state index < -0.39 is 23.1 Å². The molecule has 0 saturated carbocycles. The van der Waals surface area contributed by atoms with Gasteiger partial charge in [0, 0.05) is 30.1 Å². The highest BCUT2D eigenvalue weighted by Crippen LogP contribution is 2.26. The molecule has 0 aliphatic heterocycles. The normalized spacial score (nSPS) is 10.6. The molecule has 2 aromatic heterocycles. The number of amides is 1. The molecule has 0 radical (unpaired) electrons.